The van der Waals surface area contributed by atoms with Gasteiger partial charge in [0, 0.05) is 47.6 Å². The summed E-state index contributed by atoms with van der Waals surface area (Å²) in [5.74, 6) is -0.0360. The Morgan fingerprint density at radius 2 is 1.83 bits per heavy atom. The maximum absolute atomic E-state index is 12.1. The third-order valence-electron chi connectivity index (χ3n) is 3.67. The van der Waals surface area contributed by atoms with E-state index in [0.29, 0.717) is 5.69 Å². The van der Waals surface area contributed by atoms with Crippen molar-refractivity contribution in [3.8, 4) is 0 Å². The van der Waals surface area contributed by atoms with Crippen molar-refractivity contribution in [2.24, 2.45) is 0 Å². The summed E-state index contributed by atoms with van der Waals surface area (Å²) in [6.45, 7) is 5.57. The van der Waals surface area contributed by atoms with Gasteiger partial charge in [-0.2, -0.15) is 0 Å². The quantitative estimate of drug-likeness (QED) is 0.866. The van der Waals surface area contributed by atoms with E-state index in [2.05, 4.69) is 29.7 Å². The average Bonchev–Trinajstić information content (AvgIpc) is 2.91. The summed E-state index contributed by atoms with van der Waals surface area (Å²) in [6, 6.07) is 11.2. The minimum absolute atomic E-state index is 0.0360. The fraction of sp³-hybridized carbons (Fsp3) is 0.333. The highest BCUT2D eigenvalue weighted by atomic mass is 32.1. The molecule has 0 aliphatic heterocycles. The number of carbonyl (C=O) groups excluding carboxylic acids is 2. The van der Waals surface area contributed by atoms with Crippen LogP contribution in [0.2, 0.25) is 0 Å². The number of aryl methyl sites for hydroxylation is 1. The molecule has 2 N–H and O–H groups in total. The first kappa shape index (κ1) is 18.0. The summed E-state index contributed by atoms with van der Waals surface area (Å²) < 4.78 is 0. The van der Waals surface area contributed by atoms with Gasteiger partial charge in [-0.05, 0) is 50.2 Å². The van der Waals surface area contributed by atoms with Crippen LogP contribution < -0.4 is 15.5 Å². The van der Waals surface area contributed by atoms with Gasteiger partial charge >= 0.3 is 6.03 Å². The Balaban J connectivity index is 1.86. The van der Waals surface area contributed by atoms with Crippen LogP contribution in [0.25, 0.3) is 0 Å². The van der Waals surface area contributed by atoms with E-state index in [4.69, 9.17) is 0 Å². The zero-order valence-corrected chi connectivity index (χ0v) is 15.2. The lowest BCUT2D eigenvalue weighted by Crippen LogP contribution is -2.37. The van der Waals surface area contributed by atoms with Gasteiger partial charge in [-0.3, -0.25) is 4.79 Å². The normalized spacial score (nSPS) is 11.7. The molecular weight excluding hydrogens is 322 g/mol. The van der Waals surface area contributed by atoms with E-state index in [0.717, 1.165) is 12.1 Å². The third kappa shape index (κ3) is 5.09. The van der Waals surface area contributed by atoms with Gasteiger partial charge in [0.1, 0.15) is 0 Å². The molecule has 0 saturated heterocycles. The van der Waals surface area contributed by atoms with Crippen LogP contribution in [0, 0.1) is 6.92 Å². The van der Waals surface area contributed by atoms with E-state index < -0.39 is 0 Å². The number of nitrogens with zero attached hydrogens (tertiary/aromatic N) is 1. The van der Waals surface area contributed by atoms with Crippen molar-refractivity contribution >= 4 is 34.6 Å². The molecule has 0 spiro atoms. The van der Waals surface area contributed by atoms with Crippen molar-refractivity contribution in [2.75, 3.05) is 17.3 Å². The summed E-state index contributed by atoms with van der Waals surface area (Å²) in [4.78, 5) is 27.5. The minimum atomic E-state index is -0.233. The molecule has 1 heterocycles. The predicted octanol–water partition coefficient (Wildman–Crippen LogP) is 3.79. The monoisotopic (exact) mass is 345 g/mol. The number of urea groups is 1. The molecule has 2 rings (SSSR count). The third-order valence-corrected chi connectivity index (χ3v) is 4.69. The number of benzene rings is 1. The lowest BCUT2D eigenvalue weighted by atomic mass is 10.2. The Hall–Kier alpha value is -2.34. The fourth-order valence-electron chi connectivity index (χ4n) is 2.29. The number of nitrogens with one attached hydrogen (secondary N) is 2. The van der Waals surface area contributed by atoms with E-state index in [1.807, 2.05) is 6.92 Å². The zero-order valence-electron chi connectivity index (χ0n) is 14.4. The Bertz CT molecular complexity index is 709. The van der Waals surface area contributed by atoms with Crippen LogP contribution in [0.5, 0.6) is 0 Å². The molecule has 0 unspecified atom stereocenters. The Morgan fingerprint density at radius 1 is 1.17 bits per heavy atom. The molecule has 128 valence electrons. The minimum Gasteiger partial charge on any atom is -0.335 e. The molecule has 6 heteroatoms. The molecule has 1 aromatic carbocycles. The molecule has 0 fully saturated rings. The second-order valence-electron chi connectivity index (χ2n) is 5.84. The van der Waals surface area contributed by atoms with Crippen LogP contribution in [0.1, 0.15) is 23.6 Å². The van der Waals surface area contributed by atoms with Crippen LogP contribution >= 0.6 is 11.3 Å². The van der Waals surface area contributed by atoms with Gasteiger partial charge in [0.2, 0.25) is 5.91 Å². The van der Waals surface area contributed by atoms with E-state index >= 15 is 0 Å². The number of rotatable bonds is 5. The Labute approximate surface area is 146 Å². The number of thiophene rings is 1. The van der Waals surface area contributed by atoms with Gasteiger partial charge in [0.25, 0.3) is 0 Å². The van der Waals surface area contributed by atoms with Crippen LogP contribution in [0.3, 0.4) is 0 Å². The SMILES string of the molecule is CC(=O)N(C)c1ccc(NC(=O)N[C@H](C)Cc2ccc(C)s2)cc1. The molecule has 0 bridgehead atoms. The highest BCUT2D eigenvalue weighted by Gasteiger charge is 2.10. The van der Waals surface area contributed by atoms with Crippen LogP contribution in [-0.4, -0.2) is 25.0 Å². The largest absolute Gasteiger partial charge is 0.335 e. The Morgan fingerprint density at radius 3 is 2.38 bits per heavy atom. The molecule has 0 aliphatic rings. The highest BCUT2D eigenvalue weighted by molar-refractivity contribution is 7.11. The lowest BCUT2D eigenvalue weighted by Gasteiger charge is -2.16. The topological polar surface area (TPSA) is 61.4 Å². The molecule has 2 aromatic rings. The lowest BCUT2D eigenvalue weighted by molar-refractivity contribution is -0.116. The summed E-state index contributed by atoms with van der Waals surface area (Å²) >= 11 is 1.75. The number of hydrogen-bond donors (Lipinski definition) is 2. The zero-order chi connectivity index (χ0) is 17.7. The van der Waals surface area contributed by atoms with E-state index in [1.165, 1.54) is 16.7 Å². The number of hydrogen-bond acceptors (Lipinski definition) is 3. The van der Waals surface area contributed by atoms with Crippen LogP contribution in [0.15, 0.2) is 36.4 Å². The molecule has 0 saturated carbocycles. The maximum atomic E-state index is 12.1. The van der Waals surface area contributed by atoms with Crippen LogP contribution in [0.4, 0.5) is 16.2 Å². The van der Waals surface area contributed by atoms with E-state index in [9.17, 15) is 9.59 Å². The molecule has 1 aromatic heterocycles. The summed E-state index contributed by atoms with van der Waals surface area (Å²) in [6.07, 6.45) is 0.814. The number of carbonyl (C=O) groups is 2. The number of anilines is 2. The molecule has 3 amide bonds. The molecule has 1 atom stereocenters. The first-order valence-electron chi connectivity index (χ1n) is 7.82. The molecule has 5 nitrogen and oxygen atoms in total. The van der Waals surface area contributed by atoms with Crippen LogP contribution in [-0.2, 0) is 11.2 Å². The first-order valence-corrected chi connectivity index (χ1v) is 8.64. The summed E-state index contributed by atoms with van der Waals surface area (Å²) in [5, 5.41) is 5.74. The second-order valence-corrected chi connectivity index (χ2v) is 7.21. The van der Waals surface area contributed by atoms with Crippen molar-refractivity contribution < 1.29 is 9.59 Å². The van der Waals surface area contributed by atoms with Gasteiger partial charge in [0.15, 0.2) is 0 Å². The van der Waals surface area contributed by atoms with E-state index in [1.54, 1.807) is 47.5 Å². The van der Waals surface area contributed by atoms with Crippen molar-refractivity contribution in [1.29, 1.82) is 0 Å². The van der Waals surface area contributed by atoms with Gasteiger partial charge in [-0.1, -0.05) is 0 Å². The standard InChI is InChI=1S/C18H23N3O2S/c1-12(11-17-10-5-13(2)24-17)19-18(23)20-15-6-8-16(9-7-15)21(4)14(3)22/h5-10,12H,11H2,1-4H3,(H2,19,20,23)/t12-/m1/s1. The molecular formula is C18H23N3O2S. The molecule has 0 aliphatic carbocycles. The molecule has 0 radical (unpaired) electrons. The second kappa shape index (κ2) is 7.97. The average molecular weight is 345 g/mol. The summed E-state index contributed by atoms with van der Waals surface area (Å²) in [7, 11) is 1.71. The van der Waals surface area contributed by atoms with Gasteiger partial charge in [-0.25, -0.2) is 4.79 Å². The first-order chi connectivity index (χ1) is 11.3. The van der Waals surface area contributed by atoms with E-state index in [-0.39, 0.29) is 18.0 Å². The summed E-state index contributed by atoms with van der Waals surface area (Å²) in [5.41, 5.74) is 1.47. The van der Waals surface area contributed by atoms with Crippen molar-refractivity contribution in [2.45, 2.75) is 33.2 Å². The highest BCUT2D eigenvalue weighted by Crippen LogP contribution is 2.18. The smallest absolute Gasteiger partial charge is 0.319 e. The van der Waals surface area contributed by atoms with Crippen molar-refractivity contribution in [3.63, 3.8) is 0 Å². The van der Waals surface area contributed by atoms with Gasteiger partial charge in [0.05, 0.1) is 0 Å². The fourth-order valence-corrected chi connectivity index (χ4v) is 3.31. The van der Waals surface area contributed by atoms with Gasteiger partial charge < -0.3 is 15.5 Å². The maximum Gasteiger partial charge on any atom is 0.319 e. The Kier molecular flexibility index (Phi) is 5.98. The number of amides is 3. The van der Waals surface area contributed by atoms with Crippen molar-refractivity contribution in [3.05, 3.63) is 46.2 Å². The molecule has 24 heavy (non-hydrogen) atoms. The van der Waals surface area contributed by atoms with Gasteiger partial charge in [-0.15, -0.1) is 11.3 Å². The predicted molar refractivity (Wildman–Crippen MR) is 99.9 cm³/mol. The van der Waals surface area contributed by atoms with Crippen molar-refractivity contribution in [1.82, 2.24) is 5.32 Å².